The number of nitrogens with zero attached hydrogens (tertiary/aromatic N) is 1. The highest BCUT2D eigenvalue weighted by molar-refractivity contribution is 7.17. The molecule has 0 bridgehead atoms. The molecule has 7 nitrogen and oxygen atoms in total. The van der Waals surface area contributed by atoms with Gasteiger partial charge >= 0.3 is 5.97 Å². The Bertz CT molecular complexity index is 832. The number of primary amides is 1. The second-order valence-electron chi connectivity index (χ2n) is 5.70. The van der Waals surface area contributed by atoms with Crippen molar-refractivity contribution in [3.05, 3.63) is 46.1 Å². The van der Waals surface area contributed by atoms with Crippen molar-refractivity contribution in [2.75, 3.05) is 5.32 Å². The molecule has 2 aromatic rings. The molecule has 0 aliphatic heterocycles. The molecular formula is C17H17N3O4S. The number of hydrogen-bond donors (Lipinski definition) is 2. The lowest BCUT2D eigenvalue weighted by Crippen LogP contribution is -2.30. The van der Waals surface area contributed by atoms with Crippen LogP contribution >= 0.6 is 11.3 Å². The van der Waals surface area contributed by atoms with Crippen molar-refractivity contribution in [2.24, 2.45) is 5.73 Å². The smallest absolute Gasteiger partial charge is 0.339 e. The zero-order chi connectivity index (χ0) is 18.0. The van der Waals surface area contributed by atoms with Crippen LogP contribution in [0.5, 0.6) is 0 Å². The van der Waals surface area contributed by atoms with Crippen molar-refractivity contribution in [3.8, 4) is 0 Å². The molecule has 1 aliphatic rings. The standard InChI is InChI=1S/C17H17N3O4S/c1-9(24-17(23)10-5-7-19-8-6-10)15(22)20-16-13(14(18)21)11-3-2-4-12(11)25-16/h5-9H,2-4H2,1H3,(H2,18,21)(H,20,22)/t9-/m0/s1. The van der Waals surface area contributed by atoms with Gasteiger partial charge < -0.3 is 15.8 Å². The molecule has 1 atom stereocenters. The Kier molecular flexibility index (Phi) is 4.80. The third-order valence-corrected chi connectivity index (χ3v) is 5.18. The molecule has 25 heavy (non-hydrogen) atoms. The van der Waals surface area contributed by atoms with Crippen molar-refractivity contribution >= 4 is 34.1 Å². The minimum atomic E-state index is -1.02. The van der Waals surface area contributed by atoms with Crippen LogP contribution in [0.3, 0.4) is 0 Å². The predicted octanol–water partition coefficient (Wildman–Crippen LogP) is 1.91. The summed E-state index contributed by atoms with van der Waals surface area (Å²) in [6.07, 6.45) is 4.56. The third-order valence-electron chi connectivity index (χ3n) is 3.97. The Labute approximate surface area is 148 Å². The summed E-state index contributed by atoms with van der Waals surface area (Å²) in [4.78, 5) is 41.0. The third kappa shape index (κ3) is 3.53. The summed E-state index contributed by atoms with van der Waals surface area (Å²) >= 11 is 1.36. The van der Waals surface area contributed by atoms with Gasteiger partial charge in [0.1, 0.15) is 5.00 Å². The van der Waals surface area contributed by atoms with Crippen LogP contribution in [0.15, 0.2) is 24.5 Å². The number of amides is 2. The maximum Gasteiger partial charge on any atom is 0.339 e. The first-order valence-electron chi connectivity index (χ1n) is 7.83. The number of aryl methyl sites for hydroxylation is 1. The fourth-order valence-electron chi connectivity index (χ4n) is 2.74. The number of fused-ring (bicyclic) bond motifs is 1. The van der Waals surface area contributed by atoms with Crippen LogP contribution in [0, 0.1) is 0 Å². The number of hydrogen-bond acceptors (Lipinski definition) is 6. The minimum absolute atomic E-state index is 0.308. The van der Waals surface area contributed by atoms with E-state index in [1.165, 1.54) is 42.8 Å². The van der Waals surface area contributed by atoms with E-state index in [1.807, 2.05) is 0 Å². The molecule has 0 spiro atoms. The molecule has 130 valence electrons. The molecule has 0 saturated carbocycles. The van der Waals surface area contributed by atoms with Crippen LogP contribution in [-0.4, -0.2) is 28.9 Å². The lowest BCUT2D eigenvalue weighted by atomic mass is 10.1. The summed E-state index contributed by atoms with van der Waals surface area (Å²) in [7, 11) is 0. The monoisotopic (exact) mass is 359 g/mol. The number of pyridine rings is 1. The summed E-state index contributed by atoms with van der Waals surface area (Å²) in [6, 6.07) is 3.00. The van der Waals surface area contributed by atoms with E-state index in [9.17, 15) is 14.4 Å². The van der Waals surface area contributed by atoms with Gasteiger partial charge in [-0.05, 0) is 43.9 Å². The van der Waals surface area contributed by atoms with Gasteiger partial charge in [0.2, 0.25) is 0 Å². The number of aromatic nitrogens is 1. The first-order valence-corrected chi connectivity index (χ1v) is 8.65. The maximum absolute atomic E-state index is 12.3. The molecule has 0 saturated heterocycles. The minimum Gasteiger partial charge on any atom is -0.449 e. The van der Waals surface area contributed by atoms with E-state index in [2.05, 4.69) is 10.3 Å². The van der Waals surface area contributed by atoms with Gasteiger partial charge in [0.05, 0.1) is 11.1 Å². The van der Waals surface area contributed by atoms with Crippen molar-refractivity contribution in [3.63, 3.8) is 0 Å². The fourth-order valence-corrected chi connectivity index (χ4v) is 4.03. The molecular weight excluding hydrogens is 342 g/mol. The summed E-state index contributed by atoms with van der Waals surface area (Å²) in [6.45, 7) is 1.47. The number of nitrogens with two attached hydrogens (primary N) is 1. The van der Waals surface area contributed by atoms with Crippen LogP contribution < -0.4 is 11.1 Å². The fraction of sp³-hybridized carbons (Fsp3) is 0.294. The summed E-state index contributed by atoms with van der Waals surface area (Å²) in [5.41, 5.74) is 7.07. The lowest BCUT2D eigenvalue weighted by molar-refractivity contribution is -0.123. The first-order chi connectivity index (χ1) is 12.0. The van der Waals surface area contributed by atoms with Gasteiger partial charge in [-0.15, -0.1) is 11.3 Å². The van der Waals surface area contributed by atoms with Crippen molar-refractivity contribution in [1.29, 1.82) is 0 Å². The largest absolute Gasteiger partial charge is 0.449 e. The van der Waals surface area contributed by atoms with Crippen molar-refractivity contribution in [2.45, 2.75) is 32.3 Å². The number of nitrogens with one attached hydrogen (secondary N) is 1. The van der Waals surface area contributed by atoms with Crippen LogP contribution in [0.25, 0.3) is 0 Å². The topological polar surface area (TPSA) is 111 Å². The maximum atomic E-state index is 12.3. The number of esters is 1. The molecule has 8 heteroatoms. The van der Waals surface area contributed by atoms with Crippen molar-refractivity contribution < 1.29 is 19.1 Å². The zero-order valence-electron chi connectivity index (χ0n) is 13.6. The van der Waals surface area contributed by atoms with Crippen LogP contribution in [0.4, 0.5) is 5.00 Å². The Morgan fingerprint density at radius 1 is 1.28 bits per heavy atom. The van der Waals surface area contributed by atoms with E-state index >= 15 is 0 Å². The van der Waals surface area contributed by atoms with Gasteiger partial charge in [0, 0.05) is 17.3 Å². The van der Waals surface area contributed by atoms with Gasteiger partial charge in [0.15, 0.2) is 6.10 Å². The average molecular weight is 359 g/mol. The molecule has 1 aliphatic carbocycles. The molecule has 3 rings (SSSR count). The number of rotatable bonds is 5. The van der Waals surface area contributed by atoms with Gasteiger partial charge in [-0.1, -0.05) is 0 Å². The Hall–Kier alpha value is -2.74. The predicted molar refractivity (Wildman–Crippen MR) is 92.6 cm³/mol. The highest BCUT2D eigenvalue weighted by Crippen LogP contribution is 2.38. The second kappa shape index (κ2) is 7.02. The Balaban J connectivity index is 1.70. The number of carbonyl (C=O) groups excluding carboxylic acids is 3. The second-order valence-corrected chi connectivity index (χ2v) is 6.80. The van der Waals surface area contributed by atoms with E-state index < -0.39 is 23.9 Å². The lowest BCUT2D eigenvalue weighted by Gasteiger charge is -2.13. The van der Waals surface area contributed by atoms with Crippen LogP contribution in [0.2, 0.25) is 0 Å². The van der Waals surface area contributed by atoms with Crippen molar-refractivity contribution in [1.82, 2.24) is 4.98 Å². The molecule has 2 aromatic heterocycles. The number of ether oxygens (including phenoxy) is 1. The Morgan fingerprint density at radius 3 is 2.68 bits per heavy atom. The quantitative estimate of drug-likeness (QED) is 0.792. The molecule has 0 fully saturated rings. The normalized spacial score (nSPS) is 13.8. The molecule has 3 N–H and O–H groups in total. The number of thiophene rings is 1. The van der Waals surface area contributed by atoms with E-state index in [4.69, 9.17) is 10.5 Å². The van der Waals surface area contributed by atoms with Crippen LogP contribution in [0.1, 0.15) is 44.5 Å². The van der Waals surface area contributed by atoms with E-state index in [-0.39, 0.29) is 0 Å². The molecule has 0 unspecified atom stereocenters. The highest BCUT2D eigenvalue weighted by Gasteiger charge is 2.28. The Morgan fingerprint density at radius 2 is 2.00 bits per heavy atom. The average Bonchev–Trinajstić information content (AvgIpc) is 3.15. The van der Waals surface area contributed by atoms with Gasteiger partial charge in [0.25, 0.3) is 11.8 Å². The summed E-state index contributed by atoms with van der Waals surface area (Å²) < 4.78 is 5.16. The molecule has 0 aromatic carbocycles. The van der Waals surface area contributed by atoms with E-state index in [0.29, 0.717) is 16.1 Å². The zero-order valence-corrected chi connectivity index (χ0v) is 14.4. The van der Waals surface area contributed by atoms with E-state index in [1.54, 1.807) is 0 Å². The van der Waals surface area contributed by atoms with Gasteiger partial charge in [-0.2, -0.15) is 0 Å². The first kappa shape index (κ1) is 17.1. The van der Waals surface area contributed by atoms with Crippen LogP contribution in [-0.2, 0) is 22.4 Å². The summed E-state index contributed by atoms with van der Waals surface area (Å²) in [5, 5.41) is 3.09. The molecule has 2 heterocycles. The van der Waals surface area contributed by atoms with Gasteiger partial charge in [-0.25, -0.2) is 4.79 Å². The molecule has 0 radical (unpaired) electrons. The molecule has 2 amide bonds. The van der Waals surface area contributed by atoms with E-state index in [0.717, 1.165) is 29.7 Å². The number of carbonyl (C=O) groups is 3. The number of anilines is 1. The SMILES string of the molecule is C[C@H](OC(=O)c1ccncc1)C(=O)Nc1sc2c(c1C(N)=O)CCC2. The summed E-state index contributed by atoms with van der Waals surface area (Å²) in [5.74, 6) is -1.69. The highest BCUT2D eigenvalue weighted by atomic mass is 32.1. The van der Waals surface area contributed by atoms with Gasteiger partial charge in [-0.3, -0.25) is 14.6 Å².